The van der Waals surface area contributed by atoms with Crippen LogP contribution >= 0.6 is 0 Å². The Balaban J connectivity index is 2.41. The van der Waals surface area contributed by atoms with Crippen molar-refractivity contribution in [2.45, 2.75) is 39.3 Å². The Kier molecular flexibility index (Phi) is 5.65. The van der Waals surface area contributed by atoms with Gasteiger partial charge in [-0.3, -0.25) is 4.79 Å². The lowest BCUT2D eigenvalue weighted by atomic mass is 10.1. The van der Waals surface area contributed by atoms with Gasteiger partial charge < -0.3 is 15.8 Å². The summed E-state index contributed by atoms with van der Waals surface area (Å²) in [6.07, 6.45) is 1.33. The summed E-state index contributed by atoms with van der Waals surface area (Å²) in [6.45, 7) is 4.44. The molecule has 0 saturated heterocycles. The lowest BCUT2D eigenvalue weighted by Crippen LogP contribution is -2.24. The zero-order chi connectivity index (χ0) is 13.5. The van der Waals surface area contributed by atoms with Crippen LogP contribution in [0, 0.1) is 6.92 Å². The standard InChI is InChI=1S/C14H22N2O2/c1-10(18-3)7-8-14(17)16-9-12-5-4-6-13(15)11(12)2/h4-6,10H,7-9,15H2,1-3H3,(H,16,17). The molecule has 0 fully saturated rings. The molecule has 0 aliphatic heterocycles. The molecule has 1 amide bonds. The number of carbonyl (C=O) groups is 1. The first-order valence-electron chi connectivity index (χ1n) is 6.18. The number of methoxy groups -OCH3 is 1. The number of hydrogen-bond acceptors (Lipinski definition) is 3. The number of rotatable bonds is 6. The van der Waals surface area contributed by atoms with Crippen LogP contribution in [0.1, 0.15) is 30.9 Å². The summed E-state index contributed by atoms with van der Waals surface area (Å²) in [4.78, 5) is 11.6. The summed E-state index contributed by atoms with van der Waals surface area (Å²) in [5.74, 6) is 0.0423. The first-order valence-corrected chi connectivity index (χ1v) is 6.18. The second kappa shape index (κ2) is 7.01. The van der Waals surface area contributed by atoms with Crippen molar-refractivity contribution < 1.29 is 9.53 Å². The Morgan fingerprint density at radius 3 is 2.89 bits per heavy atom. The van der Waals surface area contributed by atoms with Crippen molar-refractivity contribution in [1.82, 2.24) is 5.32 Å². The molecule has 0 bridgehead atoms. The van der Waals surface area contributed by atoms with Gasteiger partial charge in [-0.1, -0.05) is 12.1 Å². The largest absolute Gasteiger partial charge is 0.399 e. The smallest absolute Gasteiger partial charge is 0.220 e. The van der Waals surface area contributed by atoms with Gasteiger partial charge in [-0.25, -0.2) is 0 Å². The minimum atomic E-state index is 0.0423. The number of nitrogens with one attached hydrogen (secondary N) is 1. The molecule has 0 spiro atoms. The van der Waals surface area contributed by atoms with E-state index in [2.05, 4.69) is 5.32 Å². The summed E-state index contributed by atoms with van der Waals surface area (Å²) in [6, 6.07) is 5.74. The Morgan fingerprint density at radius 2 is 2.22 bits per heavy atom. The van der Waals surface area contributed by atoms with E-state index >= 15 is 0 Å². The Bertz CT molecular complexity index is 405. The maximum atomic E-state index is 11.6. The quantitative estimate of drug-likeness (QED) is 0.759. The third-order valence-corrected chi connectivity index (χ3v) is 3.14. The van der Waals surface area contributed by atoms with E-state index in [9.17, 15) is 4.79 Å². The van der Waals surface area contributed by atoms with Crippen molar-refractivity contribution in [2.24, 2.45) is 0 Å². The maximum Gasteiger partial charge on any atom is 0.220 e. The molecule has 0 heterocycles. The first-order chi connectivity index (χ1) is 8.54. The molecule has 0 aromatic heterocycles. The molecule has 0 radical (unpaired) electrons. The van der Waals surface area contributed by atoms with Gasteiger partial charge in [0.25, 0.3) is 0 Å². The summed E-state index contributed by atoms with van der Waals surface area (Å²) in [5.41, 5.74) is 8.66. The van der Waals surface area contributed by atoms with Gasteiger partial charge in [-0.15, -0.1) is 0 Å². The van der Waals surface area contributed by atoms with Crippen molar-refractivity contribution >= 4 is 11.6 Å². The number of nitrogen functional groups attached to an aromatic ring is 1. The molecule has 1 unspecified atom stereocenters. The van der Waals surface area contributed by atoms with Crippen molar-refractivity contribution in [1.29, 1.82) is 0 Å². The highest BCUT2D eigenvalue weighted by molar-refractivity contribution is 5.76. The van der Waals surface area contributed by atoms with Gasteiger partial charge in [0.2, 0.25) is 5.91 Å². The highest BCUT2D eigenvalue weighted by atomic mass is 16.5. The van der Waals surface area contributed by atoms with E-state index in [4.69, 9.17) is 10.5 Å². The van der Waals surface area contributed by atoms with Crippen LogP contribution in [0.5, 0.6) is 0 Å². The van der Waals surface area contributed by atoms with Crippen LogP contribution in [-0.2, 0) is 16.1 Å². The topological polar surface area (TPSA) is 64.3 Å². The number of ether oxygens (including phenoxy) is 1. The van der Waals surface area contributed by atoms with E-state index in [1.54, 1.807) is 7.11 Å². The predicted molar refractivity (Wildman–Crippen MR) is 73.1 cm³/mol. The summed E-state index contributed by atoms with van der Waals surface area (Å²) < 4.78 is 5.10. The molecule has 1 atom stereocenters. The predicted octanol–water partition coefficient (Wildman–Crippen LogP) is 2.01. The van der Waals surface area contributed by atoms with Crippen LogP contribution in [0.4, 0.5) is 5.69 Å². The van der Waals surface area contributed by atoms with Gasteiger partial charge in [0.15, 0.2) is 0 Å². The van der Waals surface area contributed by atoms with Crippen LogP contribution < -0.4 is 11.1 Å². The van der Waals surface area contributed by atoms with E-state index in [-0.39, 0.29) is 12.0 Å². The number of carbonyl (C=O) groups excluding carboxylic acids is 1. The van der Waals surface area contributed by atoms with Gasteiger partial charge in [0, 0.05) is 25.8 Å². The summed E-state index contributed by atoms with van der Waals surface area (Å²) in [7, 11) is 1.65. The molecule has 100 valence electrons. The summed E-state index contributed by atoms with van der Waals surface area (Å²) in [5, 5.41) is 2.90. The number of nitrogens with two attached hydrogens (primary N) is 1. The average molecular weight is 250 g/mol. The second-order valence-corrected chi connectivity index (χ2v) is 4.49. The molecule has 3 N–H and O–H groups in total. The molecular formula is C14H22N2O2. The van der Waals surface area contributed by atoms with Crippen molar-refractivity contribution in [3.05, 3.63) is 29.3 Å². The van der Waals surface area contributed by atoms with Crippen molar-refractivity contribution in [2.75, 3.05) is 12.8 Å². The van der Waals surface area contributed by atoms with E-state index in [0.717, 1.165) is 23.2 Å². The highest BCUT2D eigenvalue weighted by Gasteiger charge is 2.07. The normalized spacial score (nSPS) is 12.2. The second-order valence-electron chi connectivity index (χ2n) is 4.49. The lowest BCUT2D eigenvalue weighted by molar-refractivity contribution is -0.121. The van der Waals surface area contributed by atoms with Gasteiger partial charge in [-0.2, -0.15) is 0 Å². The molecule has 1 aromatic carbocycles. The average Bonchev–Trinajstić information content (AvgIpc) is 2.37. The fraction of sp³-hybridized carbons (Fsp3) is 0.500. The third-order valence-electron chi connectivity index (χ3n) is 3.14. The SMILES string of the molecule is COC(C)CCC(=O)NCc1cccc(N)c1C. The first kappa shape index (κ1) is 14.5. The van der Waals surface area contributed by atoms with E-state index in [1.165, 1.54) is 0 Å². The fourth-order valence-corrected chi connectivity index (χ4v) is 1.63. The third kappa shape index (κ3) is 4.37. The highest BCUT2D eigenvalue weighted by Crippen LogP contribution is 2.15. The Hall–Kier alpha value is -1.55. The van der Waals surface area contributed by atoms with Crippen LogP contribution in [-0.4, -0.2) is 19.1 Å². The van der Waals surface area contributed by atoms with Gasteiger partial charge in [-0.05, 0) is 37.5 Å². The molecule has 1 aromatic rings. The zero-order valence-electron chi connectivity index (χ0n) is 11.3. The minimum Gasteiger partial charge on any atom is -0.399 e. The Morgan fingerprint density at radius 1 is 1.50 bits per heavy atom. The van der Waals surface area contributed by atoms with E-state index in [1.807, 2.05) is 32.0 Å². The molecule has 1 rings (SSSR count). The zero-order valence-corrected chi connectivity index (χ0v) is 11.3. The molecule has 0 aliphatic carbocycles. The van der Waals surface area contributed by atoms with Crippen LogP contribution in [0.25, 0.3) is 0 Å². The van der Waals surface area contributed by atoms with Gasteiger partial charge >= 0.3 is 0 Å². The molecule has 4 heteroatoms. The number of benzene rings is 1. The molecule has 18 heavy (non-hydrogen) atoms. The van der Waals surface area contributed by atoms with Crippen molar-refractivity contribution in [3.63, 3.8) is 0 Å². The van der Waals surface area contributed by atoms with E-state index in [0.29, 0.717) is 13.0 Å². The molecular weight excluding hydrogens is 228 g/mol. The van der Waals surface area contributed by atoms with Crippen molar-refractivity contribution in [3.8, 4) is 0 Å². The molecule has 4 nitrogen and oxygen atoms in total. The maximum absolute atomic E-state index is 11.6. The fourth-order valence-electron chi connectivity index (χ4n) is 1.63. The van der Waals surface area contributed by atoms with Crippen LogP contribution in [0.2, 0.25) is 0 Å². The Labute approximate surface area is 109 Å². The molecule has 0 saturated carbocycles. The van der Waals surface area contributed by atoms with Crippen LogP contribution in [0.15, 0.2) is 18.2 Å². The summed E-state index contributed by atoms with van der Waals surface area (Å²) >= 11 is 0. The monoisotopic (exact) mass is 250 g/mol. The number of amides is 1. The minimum absolute atomic E-state index is 0.0423. The number of anilines is 1. The van der Waals surface area contributed by atoms with Crippen LogP contribution in [0.3, 0.4) is 0 Å². The van der Waals surface area contributed by atoms with E-state index < -0.39 is 0 Å². The lowest BCUT2D eigenvalue weighted by Gasteiger charge is -2.11. The molecule has 0 aliphatic rings. The van der Waals surface area contributed by atoms with Gasteiger partial charge in [0.1, 0.15) is 0 Å². The number of hydrogen-bond donors (Lipinski definition) is 2. The van der Waals surface area contributed by atoms with Gasteiger partial charge in [0.05, 0.1) is 6.10 Å².